The molecule has 38 heavy (non-hydrogen) atoms. The molecule has 202 valence electrons. The molecule has 2 rings (SSSR count). The highest BCUT2D eigenvalue weighted by Crippen LogP contribution is 2.30. The number of hydrogen-bond donors (Lipinski definition) is 4. The van der Waals surface area contributed by atoms with Crippen molar-refractivity contribution in [3.8, 4) is 0 Å². The van der Waals surface area contributed by atoms with Gasteiger partial charge in [0, 0.05) is 25.6 Å². The predicted molar refractivity (Wildman–Crippen MR) is 165 cm³/mol. The van der Waals surface area contributed by atoms with Crippen LogP contribution >= 0.6 is 23.5 Å². The van der Waals surface area contributed by atoms with Gasteiger partial charge in [-0.3, -0.25) is 20.4 Å². The van der Waals surface area contributed by atoms with Gasteiger partial charge in [-0.15, -0.1) is 0 Å². The molecule has 0 saturated heterocycles. The number of ketones is 1. The van der Waals surface area contributed by atoms with E-state index in [1.807, 2.05) is 64.2 Å². The van der Waals surface area contributed by atoms with Crippen LogP contribution in [0.15, 0.2) is 59.4 Å². The van der Waals surface area contributed by atoms with Crippen LogP contribution in [0.2, 0.25) is 0 Å². The normalized spacial score (nSPS) is 10.5. The minimum atomic E-state index is -0.258. The van der Waals surface area contributed by atoms with Crippen LogP contribution in [-0.2, 0) is 22.4 Å². The van der Waals surface area contributed by atoms with Crippen molar-refractivity contribution in [2.45, 2.75) is 59.3 Å². The smallest absolute Gasteiger partial charge is 0.230 e. The zero-order valence-electron chi connectivity index (χ0n) is 22.8. The number of carbonyl (C=O) groups excluding carboxylic acids is 2. The van der Waals surface area contributed by atoms with Gasteiger partial charge in [-0.05, 0) is 95.5 Å². The summed E-state index contributed by atoms with van der Waals surface area (Å²) < 4.78 is 0. The molecule has 0 saturated carbocycles. The van der Waals surface area contributed by atoms with Gasteiger partial charge in [-0.2, -0.15) is 0 Å². The maximum absolute atomic E-state index is 12.6. The van der Waals surface area contributed by atoms with Gasteiger partial charge >= 0.3 is 0 Å². The highest BCUT2D eigenvalue weighted by molar-refractivity contribution is 8.26. The molecule has 1 amide bonds. The molecule has 0 heterocycles. The summed E-state index contributed by atoms with van der Waals surface area (Å²) in [6.45, 7) is 14.1. The van der Waals surface area contributed by atoms with Crippen LogP contribution in [0.5, 0.6) is 0 Å². The Morgan fingerprint density at radius 2 is 1.53 bits per heavy atom. The predicted octanol–water partition coefficient (Wildman–Crippen LogP) is 7.09. The number of aryl methyl sites for hydroxylation is 1. The van der Waals surface area contributed by atoms with Crippen molar-refractivity contribution in [1.29, 1.82) is 10.8 Å². The standard InChI is InChI=1S/C30H38N4O2S2/c1-19-10-7-12-25(22(19)4)18-29(36)34-30(32)38-28(31)15-8-11-20(2)37-21(3)16-26(35)17-24-13-9-14-27(33-6)23(24)5/h7,9-10,12-14,31,33H,2-3,8,11,15-18H2,1,4-6H3,(H2,32,34,36). The average Bonchev–Trinajstić information content (AvgIpc) is 2.83. The fourth-order valence-electron chi connectivity index (χ4n) is 3.92. The minimum Gasteiger partial charge on any atom is -0.388 e. The van der Waals surface area contributed by atoms with Gasteiger partial charge in [0.05, 0.1) is 11.5 Å². The van der Waals surface area contributed by atoms with E-state index >= 15 is 0 Å². The molecule has 0 aliphatic rings. The van der Waals surface area contributed by atoms with Crippen LogP contribution in [0.25, 0.3) is 0 Å². The zero-order valence-corrected chi connectivity index (χ0v) is 24.4. The zero-order chi connectivity index (χ0) is 28.2. The van der Waals surface area contributed by atoms with Crippen LogP contribution in [-0.4, -0.2) is 28.9 Å². The molecule has 0 aliphatic heterocycles. The summed E-state index contributed by atoms with van der Waals surface area (Å²) in [6.07, 6.45) is 2.71. The second-order valence-corrected chi connectivity index (χ2v) is 11.7. The van der Waals surface area contributed by atoms with Crippen molar-refractivity contribution in [3.63, 3.8) is 0 Å². The average molecular weight is 551 g/mol. The van der Waals surface area contributed by atoms with Gasteiger partial charge in [0.2, 0.25) is 5.91 Å². The number of nitrogens with one attached hydrogen (secondary N) is 4. The Morgan fingerprint density at radius 3 is 2.21 bits per heavy atom. The lowest BCUT2D eigenvalue weighted by molar-refractivity contribution is -0.119. The van der Waals surface area contributed by atoms with Crippen molar-refractivity contribution in [2.75, 3.05) is 12.4 Å². The third kappa shape index (κ3) is 10.3. The molecule has 6 nitrogen and oxygen atoms in total. The van der Waals surface area contributed by atoms with Crippen molar-refractivity contribution in [1.82, 2.24) is 5.32 Å². The van der Waals surface area contributed by atoms with Crippen molar-refractivity contribution in [3.05, 3.63) is 87.2 Å². The first-order valence-corrected chi connectivity index (χ1v) is 14.1. The summed E-state index contributed by atoms with van der Waals surface area (Å²) >= 11 is 2.38. The fraction of sp³-hybridized carbons (Fsp3) is 0.333. The van der Waals surface area contributed by atoms with Gasteiger partial charge < -0.3 is 10.6 Å². The largest absolute Gasteiger partial charge is 0.388 e. The number of benzene rings is 2. The number of carbonyl (C=O) groups is 2. The van der Waals surface area contributed by atoms with Crippen LogP contribution in [0, 0.1) is 31.6 Å². The second kappa shape index (κ2) is 15.3. The first kappa shape index (κ1) is 31.1. The Hall–Kier alpha value is -3.10. The highest BCUT2D eigenvalue weighted by Gasteiger charge is 2.13. The van der Waals surface area contributed by atoms with E-state index in [0.29, 0.717) is 30.7 Å². The van der Waals surface area contributed by atoms with Gasteiger partial charge in [0.25, 0.3) is 0 Å². The Kier molecular flexibility index (Phi) is 12.6. The van der Waals surface area contributed by atoms with Crippen molar-refractivity contribution < 1.29 is 9.59 Å². The van der Waals surface area contributed by atoms with E-state index in [0.717, 1.165) is 55.1 Å². The first-order valence-electron chi connectivity index (χ1n) is 12.5. The molecule has 0 unspecified atom stereocenters. The molecule has 8 heteroatoms. The molecule has 4 N–H and O–H groups in total. The first-order chi connectivity index (χ1) is 18.0. The van der Waals surface area contributed by atoms with E-state index in [-0.39, 0.29) is 29.7 Å². The van der Waals surface area contributed by atoms with E-state index in [1.165, 1.54) is 11.8 Å². The maximum atomic E-state index is 12.6. The van der Waals surface area contributed by atoms with Crippen LogP contribution in [0.1, 0.15) is 53.5 Å². The van der Waals surface area contributed by atoms with Gasteiger partial charge in [-0.1, -0.05) is 55.3 Å². The van der Waals surface area contributed by atoms with Gasteiger partial charge in [0.15, 0.2) is 5.17 Å². The lowest BCUT2D eigenvalue weighted by Gasteiger charge is -2.12. The Bertz CT molecular complexity index is 1240. The molecule has 0 radical (unpaired) electrons. The number of Topliss-reactive ketones (excluding diaryl/α,β-unsaturated/α-hetero) is 1. The lowest BCUT2D eigenvalue weighted by atomic mass is 10.0. The number of allylic oxidation sites excluding steroid dienone is 2. The number of hydrogen-bond acceptors (Lipinski definition) is 7. The molecule has 0 atom stereocenters. The molecule has 0 aliphatic carbocycles. The van der Waals surface area contributed by atoms with E-state index < -0.39 is 0 Å². The fourth-order valence-corrected chi connectivity index (χ4v) is 5.47. The maximum Gasteiger partial charge on any atom is 0.230 e. The molecule has 0 bridgehead atoms. The molecular formula is C30H38N4O2S2. The highest BCUT2D eigenvalue weighted by atomic mass is 32.2. The molecule has 2 aromatic rings. The second-order valence-electron chi connectivity index (χ2n) is 9.20. The summed E-state index contributed by atoms with van der Waals surface area (Å²) in [7, 11) is 1.87. The Balaban J connectivity index is 1.67. The molecule has 0 aromatic heterocycles. The lowest BCUT2D eigenvalue weighted by Crippen LogP contribution is -2.30. The molecular weight excluding hydrogens is 512 g/mol. The van der Waals surface area contributed by atoms with Crippen LogP contribution in [0.3, 0.4) is 0 Å². The SMILES string of the molecule is C=C(CCCC(=N)SC(=N)NC(=O)Cc1cccc(C)c1C)SC(=C)CC(=O)Cc1cccc(NC)c1C. The summed E-state index contributed by atoms with van der Waals surface area (Å²) in [6, 6.07) is 11.8. The van der Waals surface area contributed by atoms with E-state index in [4.69, 9.17) is 10.8 Å². The number of amidine groups is 1. The van der Waals surface area contributed by atoms with Crippen LogP contribution < -0.4 is 10.6 Å². The number of thioether (sulfide) groups is 2. The monoisotopic (exact) mass is 550 g/mol. The Morgan fingerprint density at radius 1 is 0.868 bits per heavy atom. The number of anilines is 1. The third-order valence-electron chi connectivity index (χ3n) is 6.19. The molecule has 0 spiro atoms. The molecule has 0 fully saturated rings. The topological polar surface area (TPSA) is 106 Å². The van der Waals surface area contributed by atoms with E-state index in [9.17, 15) is 9.59 Å². The quantitative estimate of drug-likeness (QED) is 0.157. The van der Waals surface area contributed by atoms with Crippen molar-refractivity contribution >= 4 is 51.1 Å². The van der Waals surface area contributed by atoms with E-state index in [1.54, 1.807) is 0 Å². The third-order valence-corrected chi connectivity index (χ3v) is 7.87. The summed E-state index contributed by atoms with van der Waals surface area (Å²) in [5.74, 6) is -0.144. The summed E-state index contributed by atoms with van der Waals surface area (Å²) in [5, 5.41) is 22.2. The van der Waals surface area contributed by atoms with Crippen molar-refractivity contribution in [2.24, 2.45) is 0 Å². The van der Waals surface area contributed by atoms with Crippen LogP contribution in [0.4, 0.5) is 5.69 Å². The molecule has 2 aromatic carbocycles. The minimum absolute atomic E-state index is 0.0408. The number of amides is 1. The number of rotatable bonds is 13. The van der Waals surface area contributed by atoms with Gasteiger partial charge in [-0.25, -0.2) is 0 Å². The summed E-state index contributed by atoms with van der Waals surface area (Å²) in [4.78, 5) is 26.5. The van der Waals surface area contributed by atoms with E-state index in [2.05, 4.69) is 23.8 Å². The Labute approximate surface area is 235 Å². The van der Waals surface area contributed by atoms with Gasteiger partial charge in [0.1, 0.15) is 5.78 Å². The summed E-state index contributed by atoms with van der Waals surface area (Å²) in [5.41, 5.74) is 6.27.